The zero-order valence-electron chi connectivity index (χ0n) is 21.7. The summed E-state index contributed by atoms with van der Waals surface area (Å²) in [7, 11) is 0. The molecule has 0 N–H and O–H groups in total. The van der Waals surface area contributed by atoms with Gasteiger partial charge < -0.3 is 9.47 Å². The molecule has 1 aromatic carbocycles. The van der Waals surface area contributed by atoms with Crippen LogP contribution in [0, 0.1) is 35.5 Å². The molecule has 5 nitrogen and oxygen atoms in total. The van der Waals surface area contributed by atoms with Gasteiger partial charge in [0.25, 0.3) is 0 Å². The summed E-state index contributed by atoms with van der Waals surface area (Å²) in [5.74, 6) is 1.09. The van der Waals surface area contributed by atoms with Crippen molar-refractivity contribution in [2.45, 2.75) is 148 Å². The van der Waals surface area contributed by atoms with Gasteiger partial charge >= 0.3 is 17.9 Å². The minimum absolute atomic E-state index is 0. The minimum atomic E-state index is -0.870. The maximum absolute atomic E-state index is 13.9. The van der Waals surface area contributed by atoms with Crippen LogP contribution in [-0.4, -0.2) is 23.5 Å². The normalized spacial score (nSPS) is 30.8. The molecule has 0 radical (unpaired) electrons. The van der Waals surface area contributed by atoms with E-state index >= 15 is 0 Å². The van der Waals surface area contributed by atoms with E-state index in [2.05, 4.69) is 31.2 Å². The van der Waals surface area contributed by atoms with E-state index in [-0.39, 0.29) is 68.5 Å². The van der Waals surface area contributed by atoms with Crippen LogP contribution in [-0.2, 0) is 23.9 Å². The number of hydrogen-bond donors (Lipinski definition) is 0. The van der Waals surface area contributed by atoms with Crippen molar-refractivity contribution in [3.8, 4) is 0 Å². The number of hydrogen-bond acceptors (Lipinski definition) is 5. The Hall–Kier alpha value is -2.17. The molecular weight excluding hydrogens is 512 g/mol. The Bertz CT molecular complexity index is 976. The van der Waals surface area contributed by atoms with Crippen LogP contribution >= 0.6 is 0 Å². The van der Waals surface area contributed by atoms with Gasteiger partial charge in [0.2, 0.25) is 0 Å². The molecule has 1 aromatic rings. The molecule has 3 atom stereocenters. The maximum Gasteiger partial charge on any atom is 0.320 e. The van der Waals surface area contributed by atoms with E-state index in [1.54, 1.807) is 0 Å². The largest absolute Gasteiger partial charge is 0.459 e. The topological polar surface area (TPSA) is 69.7 Å². The average molecular weight is 577 g/mol. The number of ether oxygens (including phenoxy) is 2. The molecule has 1 aliphatic heterocycles. The van der Waals surface area contributed by atoms with Gasteiger partial charge in [-0.05, 0) is 108 Å². The lowest BCUT2D eigenvalue weighted by Crippen LogP contribution is -2.54. The third-order valence-corrected chi connectivity index (χ3v) is 9.74. The average Bonchev–Trinajstić information content (AvgIpc) is 3.03. The zero-order chi connectivity index (χ0) is 25.0. The highest BCUT2D eigenvalue weighted by Gasteiger charge is 2.55. The summed E-state index contributed by atoms with van der Waals surface area (Å²) in [4.78, 5) is 38.4. The standard InChI is InChI=1S/C30H40O5.6CH4/c1-5-28(3,27(33)35-30-13-20-10-21(14-30)12-22(11-20)15-30)16-24(23-8-6-19(2)7-9-23)17-29(4)18-25(31)34-26(29)32;;;;;;/h6-9,20-22,24H,5,10-18H2,1-4H3;6*1H4. The van der Waals surface area contributed by atoms with Gasteiger partial charge in [0.1, 0.15) is 5.60 Å². The molecule has 1 heterocycles. The summed E-state index contributed by atoms with van der Waals surface area (Å²) in [6.45, 7) is 7.95. The number of carbonyl (C=O) groups excluding carboxylic acids is 3. The molecule has 4 saturated carbocycles. The molecule has 4 bridgehead atoms. The summed E-state index contributed by atoms with van der Waals surface area (Å²) >= 11 is 0. The number of esters is 3. The lowest BCUT2D eigenvalue weighted by atomic mass is 9.54. The van der Waals surface area contributed by atoms with Gasteiger partial charge in [0, 0.05) is 0 Å². The highest BCUT2D eigenvalue weighted by molar-refractivity contribution is 5.97. The van der Waals surface area contributed by atoms with E-state index in [9.17, 15) is 14.4 Å². The minimum Gasteiger partial charge on any atom is -0.459 e. The third kappa shape index (κ3) is 8.02. The first kappa shape index (κ1) is 41.0. The van der Waals surface area contributed by atoms with E-state index in [0.29, 0.717) is 37.0 Å². The van der Waals surface area contributed by atoms with Crippen LogP contribution in [0.2, 0.25) is 0 Å². The van der Waals surface area contributed by atoms with Gasteiger partial charge in [-0.25, -0.2) is 0 Å². The smallest absolute Gasteiger partial charge is 0.320 e. The number of cyclic esters (lactones) is 2. The Kier molecular flexibility index (Phi) is 14.8. The fourth-order valence-corrected chi connectivity index (χ4v) is 7.89. The van der Waals surface area contributed by atoms with Crippen LogP contribution in [0.4, 0.5) is 0 Å². The van der Waals surface area contributed by atoms with Gasteiger partial charge in [-0.2, -0.15) is 0 Å². The van der Waals surface area contributed by atoms with Crippen molar-refractivity contribution in [1.82, 2.24) is 0 Å². The van der Waals surface area contributed by atoms with Gasteiger partial charge in [-0.3, -0.25) is 14.4 Å². The molecule has 1 saturated heterocycles. The number of benzene rings is 1. The van der Waals surface area contributed by atoms with Crippen molar-refractivity contribution in [3.05, 3.63) is 35.4 Å². The first-order valence-corrected chi connectivity index (χ1v) is 13.6. The molecule has 0 amide bonds. The van der Waals surface area contributed by atoms with Crippen molar-refractivity contribution < 1.29 is 23.9 Å². The van der Waals surface area contributed by atoms with Crippen LogP contribution < -0.4 is 0 Å². The second kappa shape index (κ2) is 14.8. The van der Waals surface area contributed by atoms with Gasteiger partial charge in [-0.1, -0.05) is 81.3 Å². The quantitative estimate of drug-likeness (QED) is 0.227. The van der Waals surface area contributed by atoms with E-state index < -0.39 is 22.8 Å². The molecule has 4 aliphatic carbocycles. The van der Waals surface area contributed by atoms with E-state index in [1.165, 1.54) is 19.3 Å². The maximum atomic E-state index is 13.9. The van der Waals surface area contributed by atoms with Crippen molar-refractivity contribution >= 4 is 17.9 Å². The predicted octanol–water partition coefficient (Wildman–Crippen LogP) is 10.1. The monoisotopic (exact) mass is 576 g/mol. The van der Waals surface area contributed by atoms with Crippen LogP contribution in [0.1, 0.15) is 147 Å². The lowest BCUT2D eigenvalue weighted by molar-refractivity contribution is -0.197. The summed E-state index contributed by atoms with van der Waals surface area (Å²) in [6, 6.07) is 8.32. The van der Waals surface area contributed by atoms with Crippen molar-refractivity contribution in [2.24, 2.45) is 28.6 Å². The second-order valence-corrected chi connectivity index (χ2v) is 12.9. The number of carbonyl (C=O) groups is 3. The molecule has 6 rings (SSSR count). The Morgan fingerprint density at radius 1 is 0.951 bits per heavy atom. The number of rotatable bonds is 8. The Labute approximate surface area is 253 Å². The molecule has 3 unspecified atom stereocenters. The molecule has 238 valence electrons. The first-order chi connectivity index (χ1) is 16.5. The van der Waals surface area contributed by atoms with Crippen LogP contribution in [0.5, 0.6) is 0 Å². The highest BCUT2D eigenvalue weighted by atomic mass is 16.6. The summed E-state index contributed by atoms with van der Waals surface area (Å²) in [5, 5.41) is 0. The predicted molar refractivity (Wildman–Crippen MR) is 173 cm³/mol. The summed E-state index contributed by atoms with van der Waals surface area (Å²) in [6.07, 6.45) is 8.82. The summed E-state index contributed by atoms with van der Waals surface area (Å²) < 4.78 is 11.4. The molecular formula is C36H64O5. The molecule has 0 aromatic heterocycles. The fourth-order valence-electron chi connectivity index (χ4n) is 7.89. The van der Waals surface area contributed by atoms with E-state index in [0.717, 1.165) is 30.4 Å². The van der Waals surface area contributed by atoms with Crippen LogP contribution in [0.15, 0.2) is 24.3 Å². The van der Waals surface area contributed by atoms with Crippen molar-refractivity contribution in [1.29, 1.82) is 0 Å². The van der Waals surface area contributed by atoms with Gasteiger partial charge in [0.05, 0.1) is 17.3 Å². The van der Waals surface area contributed by atoms with E-state index in [4.69, 9.17) is 9.47 Å². The highest BCUT2D eigenvalue weighted by Crippen LogP contribution is 2.58. The van der Waals surface area contributed by atoms with Crippen LogP contribution in [0.25, 0.3) is 0 Å². The molecule has 5 aliphatic rings. The molecule has 41 heavy (non-hydrogen) atoms. The molecule has 5 fully saturated rings. The molecule has 0 spiro atoms. The SMILES string of the molecule is C.C.C.C.C.C.CCC(C)(CC(CC1(C)CC(=O)OC1=O)c1ccc(C)cc1)C(=O)OC12CC3CC(CC(C3)C1)C2. The van der Waals surface area contributed by atoms with Gasteiger partial charge in [0.15, 0.2) is 0 Å². The Balaban J connectivity index is 0. The zero-order valence-corrected chi connectivity index (χ0v) is 21.7. The third-order valence-electron chi connectivity index (χ3n) is 9.74. The lowest BCUT2D eigenvalue weighted by Gasteiger charge is -2.56. The fraction of sp³-hybridized carbons (Fsp3) is 0.750. The van der Waals surface area contributed by atoms with Gasteiger partial charge in [-0.15, -0.1) is 0 Å². The van der Waals surface area contributed by atoms with Crippen molar-refractivity contribution in [2.75, 3.05) is 0 Å². The van der Waals surface area contributed by atoms with Crippen molar-refractivity contribution in [3.63, 3.8) is 0 Å². The second-order valence-electron chi connectivity index (χ2n) is 12.9. The van der Waals surface area contributed by atoms with E-state index in [1.807, 2.05) is 20.8 Å². The first-order valence-electron chi connectivity index (χ1n) is 13.6. The summed E-state index contributed by atoms with van der Waals surface area (Å²) in [5.41, 5.74) is 0.446. The Morgan fingerprint density at radius 2 is 1.44 bits per heavy atom. The Morgan fingerprint density at radius 3 is 1.85 bits per heavy atom. The van der Waals surface area contributed by atoms with Crippen LogP contribution in [0.3, 0.4) is 0 Å². The molecule has 5 heteroatoms. The number of aryl methyl sites for hydroxylation is 1.